The first-order valence-corrected chi connectivity index (χ1v) is 7.71. The number of hydrogen-bond acceptors (Lipinski definition) is 4. The van der Waals surface area contributed by atoms with E-state index in [1.165, 1.54) is 10.9 Å². The summed E-state index contributed by atoms with van der Waals surface area (Å²) >= 11 is 0. The standard InChI is InChI=1S/C19H14N4O2/c24-17-12-23(15-7-2-1-3-8-15)22-18(17)19(25)21-14-10-13-6-4-5-9-16(13)20-11-14/h1-12,24H,(H,21,25). The van der Waals surface area contributed by atoms with Crippen molar-refractivity contribution in [3.8, 4) is 11.4 Å². The molecule has 4 rings (SSSR count). The first-order valence-electron chi connectivity index (χ1n) is 7.71. The molecular formula is C19H14N4O2. The van der Waals surface area contributed by atoms with Gasteiger partial charge >= 0.3 is 0 Å². The van der Waals surface area contributed by atoms with Crippen molar-refractivity contribution in [2.75, 3.05) is 5.32 Å². The summed E-state index contributed by atoms with van der Waals surface area (Å²) in [5.41, 5.74) is 2.09. The summed E-state index contributed by atoms with van der Waals surface area (Å²) in [7, 11) is 0. The van der Waals surface area contributed by atoms with Crippen molar-refractivity contribution >= 4 is 22.5 Å². The molecule has 0 unspecified atom stereocenters. The molecule has 0 bridgehead atoms. The first kappa shape index (κ1) is 14.9. The van der Waals surface area contributed by atoms with Gasteiger partial charge in [-0.15, -0.1) is 0 Å². The van der Waals surface area contributed by atoms with Crippen LogP contribution >= 0.6 is 0 Å². The second-order valence-corrected chi connectivity index (χ2v) is 5.51. The van der Waals surface area contributed by atoms with Gasteiger partial charge in [0.15, 0.2) is 11.4 Å². The third-order valence-corrected chi connectivity index (χ3v) is 3.78. The van der Waals surface area contributed by atoms with Gasteiger partial charge in [-0.3, -0.25) is 9.78 Å². The van der Waals surface area contributed by atoms with Crippen LogP contribution in [-0.2, 0) is 0 Å². The predicted molar refractivity (Wildman–Crippen MR) is 94.9 cm³/mol. The molecule has 0 aliphatic carbocycles. The molecule has 25 heavy (non-hydrogen) atoms. The number of anilines is 1. The number of fused-ring (bicyclic) bond motifs is 1. The number of para-hydroxylation sites is 2. The molecule has 0 radical (unpaired) electrons. The van der Waals surface area contributed by atoms with Crippen molar-refractivity contribution in [1.82, 2.24) is 14.8 Å². The number of hydrogen-bond donors (Lipinski definition) is 2. The fraction of sp³-hybridized carbons (Fsp3) is 0. The summed E-state index contributed by atoms with van der Waals surface area (Å²) in [4.78, 5) is 16.7. The molecule has 0 aliphatic heterocycles. The Kier molecular flexibility index (Phi) is 3.63. The van der Waals surface area contributed by atoms with E-state index in [0.717, 1.165) is 16.6 Å². The zero-order valence-electron chi connectivity index (χ0n) is 13.1. The Morgan fingerprint density at radius 1 is 1.04 bits per heavy atom. The van der Waals surface area contributed by atoms with E-state index >= 15 is 0 Å². The zero-order valence-corrected chi connectivity index (χ0v) is 13.1. The van der Waals surface area contributed by atoms with Gasteiger partial charge in [-0.1, -0.05) is 36.4 Å². The topological polar surface area (TPSA) is 80.0 Å². The molecule has 2 N–H and O–H groups in total. The minimum Gasteiger partial charge on any atom is -0.504 e. The van der Waals surface area contributed by atoms with Gasteiger partial charge in [0, 0.05) is 5.39 Å². The van der Waals surface area contributed by atoms with Gasteiger partial charge in [0.2, 0.25) is 0 Å². The van der Waals surface area contributed by atoms with Crippen molar-refractivity contribution in [3.63, 3.8) is 0 Å². The van der Waals surface area contributed by atoms with E-state index in [-0.39, 0.29) is 11.4 Å². The van der Waals surface area contributed by atoms with Crippen LogP contribution < -0.4 is 5.32 Å². The van der Waals surface area contributed by atoms with Crippen molar-refractivity contribution in [2.24, 2.45) is 0 Å². The number of benzene rings is 2. The van der Waals surface area contributed by atoms with Crippen LogP contribution in [0.4, 0.5) is 5.69 Å². The first-order chi connectivity index (χ1) is 12.2. The number of nitrogens with zero attached hydrogens (tertiary/aromatic N) is 3. The molecule has 2 aromatic carbocycles. The normalized spacial score (nSPS) is 10.7. The molecule has 4 aromatic rings. The lowest BCUT2D eigenvalue weighted by Gasteiger charge is -2.05. The van der Waals surface area contributed by atoms with Crippen LogP contribution in [0, 0.1) is 0 Å². The number of nitrogens with one attached hydrogen (secondary N) is 1. The average Bonchev–Trinajstić information content (AvgIpc) is 3.04. The third kappa shape index (κ3) is 2.92. The highest BCUT2D eigenvalue weighted by Gasteiger charge is 2.17. The molecular weight excluding hydrogens is 316 g/mol. The van der Waals surface area contributed by atoms with E-state index in [1.807, 2.05) is 60.7 Å². The molecule has 0 spiro atoms. The van der Waals surface area contributed by atoms with E-state index in [1.54, 1.807) is 6.20 Å². The second kappa shape index (κ2) is 6.09. The fourth-order valence-electron chi connectivity index (χ4n) is 2.57. The van der Waals surface area contributed by atoms with Crippen molar-refractivity contribution in [2.45, 2.75) is 0 Å². The maximum absolute atomic E-state index is 12.4. The Morgan fingerprint density at radius 3 is 2.64 bits per heavy atom. The lowest BCUT2D eigenvalue weighted by atomic mass is 10.2. The monoisotopic (exact) mass is 330 g/mol. The Hall–Kier alpha value is -3.67. The summed E-state index contributed by atoms with van der Waals surface area (Å²) in [6.07, 6.45) is 2.98. The molecule has 6 nitrogen and oxygen atoms in total. The van der Waals surface area contributed by atoms with E-state index in [9.17, 15) is 9.90 Å². The second-order valence-electron chi connectivity index (χ2n) is 5.51. The molecule has 122 valence electrons. The minimum atomic E-state index is -0.496. The molecule has 0 saturated carbocycles. The van der Waals surface area contributed by atoms with Gasteiger partial charge in [0.05, 0.1) is 29.3 Å². The quantitative estimate of drug-likeness (QED) is 0.603. The Bertz CT molecular complexity index is 1060. The van der Waals surface area contributed by atoms with Gasteiger partial charge in [-0.2, -0.15) is 5.10 Å². The summed E-state index contributed by atoms with van der Waals surface area (Å²) in [6, 6.07) is 18.7. The SMILES string of the molecule is O=C(Nc1cnc2ccccc2c1)c1nn(-c2ccccc2)cc1O. The van der Waals surface area contributed by atoms with E-state index in [4.69, 9.17) is 0 Å². The lowest BCUT2D eigenvalue weighted by molar-refractivity contribution is 0.101. The number of aromatic nitrogens is 3. The van der Waals surface area contributed by atoms with Crippen LogP contribution in [0.15, 0.2) is 73.1 Å². The van der Waals surface area contributed by atoms with Gasteiger partial charge in [-0.05, 0) is 24.3 Å². The number of carbonyl (C=O) groups excluding carboxylic acids is 1. The maximum Gasteiger partial charge on any atom is 0.280 e. The van der Waals surface area contributed by atoms with Crippen LogP contribution in [0.3, 0.4) is 0 Å². The number of pyridine rings is 1. The summed E-state index contributed by atoms with van der Waals surface area (Å²) in [6.45, 7) is 0. The van der Waals surface area contributed by atoms with E-state index in [0.29, 0.717) is 5.69 Å². The van der Waals surface area contributed by atoms with Crippen molar-refractivity contribution in [1.29, 1.82) is 0 Å². The van der Waals surface area contributed by atoms with Crippen LogP contribution in [0.5, 0.6) is 5.75 Å². The summed E-state index contributed by atoms with van der Waals surface area (Å²) in [5.74, 6) is -0.681. The largest absolute Gasteiger partial charge is 0.504 e. The number of amides is 1. The van der Waals surface area contributed by atoms with Crippen molar-refractivity contribution in [3.05, 3.63) is 78.8 Å². The molecule has 2 aromatic heterocycles. The predicted octanol–water partition coefficient (Wildman–Crippen LogP) is 3.38. The average molecular weight is 330 g/mol. The molecule has 0 saturated heterocycles. The van der Waals surface area contributed by atoms with Crippen LogP contribution in [0.25, 0.3) is 16.6 Å². The highest BCUT2D eigenvalue weighted by Crippen LogP contribution is 2.21. The number of aromatic hydroxyl groups is 1. The van der Waals surface area contributed by atoms with Gasteiger partial charge in [-0.25, -0.2) is 4.68 Å². The molecule has 2 heterocycles. The summed E-state index contributed by atoms with van der Waals surface area (Å²) < 4.78 is 1.46. The molecule has 0 atom stereocenters. The van der Waals surface area contributed by atoms with Gasteiger partial charge in [0.25, 0.3) is 5.91 Å². The molecule has 0 aliphatic rings. The minimum absolute atomic E-state index is 0.0444. The number of rotatable bonds is 3. The summed E-state index contributed by atoms with van der Waals surface area (Å²) in [5, 5.41) is 17.9. The molecule has 1 amide bonds. The van der Waals surface area contributed by atoms with E-state index < -0.39 is 5.91 Å². The highest BCUT2D eigenvalue weighted by atomic mass is 16.3. The lowest BCUT2D eigenvalue weighted by Crippen LogP contribution is -2.13. The Balaban J connectivity index is 1.61. The van der Waals surface area contributed by atoms with Gasteiger partial charge in [0.1, 0.15) is 0 Å². The zero-order chi connectivity index (χ0) is 17.2. The smallest absolute Gasteiger partial charge is 0.280 e. The Labute approximate surface area is 143 Å². The van der Waals surface area contributed by atoms with E-state index in [2.05, 4.69) is 15.4 Å². The molecule has 6 heteroatoms. The van der Waals surface area contributed by atoms with Crippen LogP contribution in [-0.4, -0.2) is 25.8 Å². The third-order valence-electron chi connectivity index (χ3n) is 3.78. The van der Waals surface area contributed by atoms with Crippen LogP contribution in [0.2, 0.25) is 0 Å². The Morgan fingerprint density at radius 2 is 1.80 bits per heavy atom. The maximum atomic E-state index is 12.4. The number of carbonyl (C=O) groups is 1. The van der Waals surface area contributed by atoms with Crippen molar-refractivity contribution < 1.29 is 9.90 Å². The molecule has 0 fully saturated rings. The van der Waals surface area contributed by atoms with Crippen LogP contribution in [0.1, 0.15) is 10.5 Å². The highest BCUT2D eigenvalue weighted by molar-refractivity contribution is 6.05. The fourth-order valence-corrected chi connectivity index (χ4v) is 2.57. The van der Waals surface area contributed by atoms with Gasteiger partial charge < -0.3 is 10.4 Å².